The Kier molecular flexibility index (Phi) is 6.37. The third kappa shape index (κ3) is 4.57. The van der Waals surface area contributed by atoms with Gasteiger partial charge in [0, 0.05) is 12.3 Å². The zero-order chi connectivity index (χ0) is 26.2. The zero-order valence-electron chi connectivity index (χ0n) is 18.6. The Hall–Kier alpha value is -4.46. The summed E-state index contributed by atoms with van der Waals surface area (Å²) in [7, 11) is 2.50. The van der Waals surface area contributed by atoms with Crippen molar-refractivity contribution in [1.29, 1.82) is 0 Å². The molecule has 0 saturated carbocycles. The number of carbonyl (C=O) groups excluding carboxylic acids is 2. The summed E-state index contributed by atoms with van der Waals surface area (Å²) in [5.74, 6) is -4.21. The summed E-state index contributed by atoms with van der Waals surface area (Å²) in [6.07, 6.45) is -4.43. The predicted octanol–water partition coefficient (Wildman–Crippen LogP) is 3.80. The van der Waals surface area contributed by atoms with Crippen LogP contribution in [0.5, 0.6) is 17.4 Å². The van der Waals surface area contributed by atoms with Crippen LogP contribution in [0.3, 0.4) is 0 Å². The number of nitrogens with two attached hydrogens (primary N) is 1. The molecule has 0 spiro atoms. The Morgan fingerprint density at radius 1 is 1.19 bits per heavy atom. The van der Waals surface area contributed by atoms with Gasteiger partial charge in [0.25, 0.3) is 11.8 Å². The SMILES string of the molecule is COc1cc(C(N)=O)c(F)cc1Nc1ncc(C(F)(F)F)c(Oc2cccc3c2C(=O)N(OC)C3)n1. The molecule has 2 amide bonds. The fourth-order valence-corrected chi connectivity index (χ4v) is 3.47. The molecule has 2 aromatic carbocycles. The van der Waals surface area contributed by atoms with Crippen LogP contribution >= 0.6 is 0 Å². The van der Waals surface area contributed by atoms with Gasteiger partial charge in [-0.15, -0.1) is 0 Å². The summed E-state index contributed by atoms with van der Waals surface area (Å²) in [4.78, 5) is 36.3. The lowest BCUT2D eigenvalue weighted by atomic mass is 10.1. The molecule has 0 saturated heterocycles. The highest BCUT2D eigenvalue weighted by molar-refractivity contribution is 6.00. The van der Waals surface area contributed by atoms with Crippen molar-refractivity contribution in [3.8, 4) is 17.4 Å². The van der Waals surface area contributed by atoms with Crippen molar-refractivity contribution in [2.45, 2.75) is 12.7 Å². The number of amides is 2. The van der Waals surface area contributed by atoms with Gasteiger partial charge in [0.15, 0.2) is 0 Å². The second-order valence-corrected chi connectivity index (χ2v) is 7.35. The molecule has 4 rings (SSSR count). The second-order valence-electron chi connectivity index (χ2n) is 7.35. The van der Waals surface area contributed by atoms with E-state index in [1.165, 1.54) is 26.4 Å². The van der Waals surface area contributed by atoms with Crippen molar-refractivity contribution in [3.05, 3.63) is 64.6 Å². The number of halogens is 4. The molecule has 10 nitrogen and oxygen atoms in total. The standard InChI is InChI=1S/C22H17F4N5O5/c1-34-16-6-11(18(27)32)13(23)7-14(16)29-21-28-8-12(22(24,25)26)19(30-21)36-15-5-3-4-10-9-31(35-2)20(33)17(10)15/h3-8H,9H2,1-2H3,(H2,27,32)(H,28,29,30). The minimum atomic E-state index is -4.90. The average molecular weight is 507 g/mol. The van der Waals surface area contributed by atoms with Crippen LogP contribution in [-0.4, -0.2) is 41.1 Å². The van der Waals surface area contributed by atoms with Gasteiger partial charge in [0.05, 0.1) is 37.6 Å². The second kappa shape index (κ2) is 9.30. The van der Waals surface area contributed by atoms with Gasteiger partial charge in [-0.2, -0.15) is 18.2 Å². The predicted molar refractivity (Wildman–Crippen MR) is 115 cm³/mol. The van der Waals surface area contributed by atoms with Crippen LogP contribution in [-0.2, 0) is 17.6 Å². The van der Waals surface area contributed by atoms with E-state index in [1.807, 2.05) is 0 Å². The summed E-state index contributed by atoms with van der Waals surface area (Å²) in [5.41, 5.74) is 3.75. The number of anilines is 2. The van der Waals surface area contributed by atoms with E-state index in [9.17, 15) is 27.2 Å². The lowest BCUT2D eigenvalue weighted by molar-refractivity contribution is -0.139. The Labute approximate surface area is 200 Å². The first-order chi connectivity index (χ1) is 17.0. The van der Waals surface area contributed by atoms with Gasteiger partial charge in [0.2, 0.25) is 11.8 Å². The number of benzene rings is 2. The molecule has 0 unspecified atom stereocenters. The van der Waals surface area contributed by atoms with Crippen LogP contribution in [0.1, 0.15) is 31.8 Å². The van der Waals surface area contributed by atoms with Gasteiger partial charge in [-0.05, 0) is 17.7 Å². The summed E-state index contributed by atoms with van der Waals surface area (Å²) >= 11 is 0. The number of fused-ring (bicyclic) bond motifs is 1. The van der Waals surface area contributed by atoms with E-state index in [1.54, 1.807) is 6.07 Å². The lowest BCUT2D eigenvalue weighted by Crippen LogP contribution is -2.22. The molecule has 3 N–H and O–H groups in total. The van der Waals surface area contributed by atoms with Crippen LogP contribution in [0.15, 0.2) is 36.5 Å². The Morgan fingerprint density at radius 3 is 2.58 bits per heavy atom. The van der Waals surface area contributed by atoms with E-state index in [4.69, 9.17) is 20.0 Å². The molecule has 2 heterocycles. The number of hydrogen-bond donors (Lipinski definition) is 2. The number of hydrogen-bond acceptors (Lipinski definition) is 8. The van der Waals surface area contributed by atoms with Crippen molar-refractivity contribution in [2.75, 3.05) is 19.5 Å². The maximum absolute atomic E-state index is 14.3. The van der Waals surface area contributed by atoms with E-state index in [2.05, 4.69) is 15.3 Å². The van der Waals surface area contributed by atoms with Gasteiger partial charge in [-0.1, -0.05) is 12.1 Å². The van der Waals surface area contributed by atoms with Crippen molar-refractivity contribution < 1.29 is 41.5 Å². The number of primary amides is 1. The quantitative estimate of drug-likeness (QED) is 0.462. The summed E-state index contributed by atoms with van der Waals surface area (Å²) < 4.78 is 65.9. The normalized spacial score (nSPS) is 12.9. The molecule has 0 radical (unpaired) electrons. The van der Waals surface area contributed by atoms with Crippen LogP contribution in [0, 0.1) is 5.82 Å². The first-order valence-corrected chi connectivity index (χ1v) is 10.1. The van der Waals surface area contributed by atoms with Gasteiger partial charge in [-0.3, -0.25) is 14.4 Å². The molecule has 188 valence electrons. The topological polar surface area (TPSA) is 129 Å². The van der Waals surface area contributed by atoms with Crippen molar-refractivity contribution in [3.63, 3.8) is 0 Å². The molecule has 1 aliphatic rings. The molecule has 1 aliphatic heterocycles. The number of nitrogens with one attached hydrogen (secondary N) is 1. The van der Waals surface area contributed by atoms with Crippen LogP contribution in [0.4, 0.5) is 29.2 Å². The fraction of sp³-hybridized carbons (Fsp3) is 0.182. The van der Waals surface area contributed by atoms with E-state index in [0.717, 1.165) is 17.2 Å². The highest BCUT2D eigenvalue weighted by atomic mass is 19.4. The maximum atomic E-state index is 14.3. The molecule has 0 bridgehead atoms. The average Bonchev–Trinajstić information content (AvgIpc) is 3.15. The molecule has 0 fully saturated rings. The highest BCUT2D eigenvalue weighted by Gasteiger charge is 2.38. The number of carbonyl (C=O) groups is 2. The number of rotatable bonds is 7. The molecule has 0 aliphatic carbocycles. The minimum absolute atomic E-state index is 0.0198. The van der Waals surface area contributed by atoms with Crippen LogP contribution < -0.4 is 20.5 Å². The number of nitrogens with zero attached hydrogens (tertiary/aromatic N) is 3. The highest BCUT2D eigenvalue weighted by Crippen LogP contribution is 2.40. The minimum Gasteiger partial charge on any atom is -0.495 e. The van der Waals surface area contributed by atoms with E-state index >= 15 is 0 Å². The first-order valence-electron chi connectivity index (χ1n) is 10.1. The summed E-state index contributed by atoms with van der Waals surface area (Å²) in [6, 6.07) is 6.28. The van der Waals surface area contributed by atoms with Crippen LogP contribution in [0.25, 0.3) is 0 Å². The molecule has 14 heteroatoms. The summed E-state index contributed by atoms with van der Waals surface area (Å²) in [6.45, 7) is 0.0806. The molecule has 0 atom stereocenters. The smallest absolute Gasteiger partial charge is 0.423 e. The fourth-order valence-electron chi connectivity index (χ4n) is 3.47. The van der Waals surface area contributed by atoms with Crippen LogP contribution in [0.2, 0.25) is 0 Å². The maximum Gasteiger partial charge on any atom is 0.423 e. The molecule has 1 aromatic heterocycles. The van der Waals surface area contributed by atoms with E-state index in [0.29, 0.717) is 11.8 Å². The van der Waals surface area contributed by atoms with Gasteiger partial charge in [0.1, 0.15) is 22.9 Å². The third-order valence-electron chi connectivity index (χ3n) is 5.15. The molecular formula is C22H17F4N5O5. The Bertz CT molecular complexity index is 1370. The molecule has 3 aromatic rings. The Morgan fingerprint density at radius 2 is 1.94 bits per heavy atom. The first kappa shape index (κ1) is 24.7. The van der Waals surface area contributed by atoms with Gasteiger partial charge >= 0.3 is 6.18 Å². The lowest BCUT2D eigenvalue weighted by Gasteiger charge is -2.16. The number of ether oxygens (including phenoxy) is 2. The number of methoxy groups -OCH3 is 1. The third-order valence-corrected chi connectivity index (χ3v) is 5.15. The molecular weight excluding hydrogens is 490 g/mol. The number of aromatic nitrogens is 2. The van der Waals surface area contributed by atoms with Gasteiger partial charge in [-0.25, -0.2) is 14.4 Å². The van der Waals surface area contributed by atoms with Gasteiger partial charge < -0.3 is 20.5 Å². The van der Waals surface area contributed by atoms with E-state index < -0.39 is 46.8 Å². The zero-order valence-corrected chi connectivity index (χ0v) is 18.6. The number of hydroxylamine groups is 2. The van der Waals surface area contributed by atoms with E-state index in [-0.39, 0.29) is 29.3 Å². The van der Waals surface area contributed by atoms with Crippen molar-refractivity contribution in [1.82, 2.24) is 15.0 Å². The van der Waals surface area contributed by atoms with Crippen molar-refractivity contribution >= 4 is 23.5 Å². The monoisotopic (exact) mass is 507 g/mol. The summed E-state index contributed by atoms with van der Waals surface area (Å²) in [5, 5.41) is 3.55. The van der Waals surface area contributed by atoms with Crippen molar-refractivity contribution in [2.24, 2.45) is 5.73 Å². The number of alkyl halides is 3. The largest absolute Gasteiger partial charge is 0.495 e. The molecule has 36 heavy (non-hydrogen) atoms. The Balaban J connectivity index is 1.74.